The van der Waals surface area contributed by atoms with E-state index >= 15 is 0 Å². The molecule has 0 N–H and O–H groups in total. The van der Waals surface area contributed by atoms with E-state index in [4.69, 9.17) is 14.2 Å². The van der Waals surface area contributed by atoms with Crippen LogP contribution in [0, 0.1) is 0 Å². The van der Waals surface area contributed by atoms with Crippen LogP contribution in [-0.2, 0) is 13.0 Å². The molecule has 0 spiro atoms. The fraction of sp³-hybridized carbons (Fsp3) is 0.304. The Morgan fingerprint density at radius 3 is 2.31 bits per heavy atom. The molecule has 2 aromatic carbocycles. The number of carbonyl (C=O) groups excluding carboxylic acids is 1. The fourth-order valence-corrected chi connectivity index (χ4v) is 3.64. The Bertz CT molecular complexity index is 1360. The smallest absolute Gasteiger partial charge is 0.351 e. The van der Waals surface area contributed by atoms with Gasteiger partial charge in [-0.25, -0.2) is 9.78 Å². The molecule has 4 rings (SSSR count). The van der Waals surface area contributed by atoms with Gasteiger partial charge in [-0.1, -0.05) is 6.92 Å². The van der Waals surface area contributed by atoms with Gasteiger partial charge in [-0.2, -0.15) is 4.52 Å². The number of methoxy groups -OCH3 is 3. The molecule has 0 aliphatic rings. The summed E-state index contributed by atoms with van der Waals surface area (Å²) in [6, 6.07) is 10.2. The van der Waals surface area contributed by atoms with Crippen LogP contribution in [0.4, 0.5) is 0 Å². The SMILES string of the molecule is CCCc1nc2c3cc(OC)c(OC)cc3n(CC(=O)c3ccc(OC)cc3)c(=O)n2n1. The van der Waals surface area contributed by atoms with Crippen LogP contribution in [0.5, 0.6) is 17.2 Å². The second kappa shape index (κ2) is 8.70. The van der Waals surface area contributed by atoms with Crippen LogP contribution in [0.3, 0.4) is 0 Å². The van der Waals surface area contributed by atoms with Crippen molar-refractivity contribution in [3.8, 4) is 17.2 Å². The standard InChI is InChI=1S/C23H24N4O5/c1-5-6-21-24-22-16-11-19(31-3)20(32-4)12-17(16)26(23(29)27(22)25-21)13-18(28)14-7-9-15(30-2)10-8-14/h7-12H,5-6,13H2,1-4H3. The van der Waals surface area contributed by atoms with Crippen molar-refractivity contribution in [2.24, 2.45) is 0 Å². The molecule has 166 valence electrons. The van der Waals surface area contributed by atoms with E-state index in [-0.39, 0.29) is 12.3 Å². The lowest BCUT2D eigenvalue weighted by Gasteiger charge is -2.14. The number of aryl methyl sites for hydroxylation is 1. The summed E-state index contributed by atoms with van der Waals surface area (Å²) in [7, 11) is 4.62. The molecule has 2 aromatic heterocycles. The summed E-state index contributed by atoms with van der Waals surface area (Å²) in [5.74, 6) is 1.93. The Kier molecular flexibility index (Phi) is 5.81. The summed E-state index contributed by atoms with van der Waals surface area (Å²) in [4.78, 5) is 31.0. The van der Waals surface area contributed by atoms with Gasteiger partial charge >= 0.3 is 5.69 Å². The van der Waals surface area contributed by atoms with Crippen molar-refractivity contribution in [2.75, 3.05) is 21.3 Å². The molecule has 0 bridgehead atoms. The molecule has 9 heteroatoms. The summed E-state index contributed by atoms with van der Waals surface area (Å²) in [5.41, 5.74) is 0.952. The number of fused-ring (bicyclic) bond motifs is 3. The molecule has 0 aliphatic carbocycles. The molecule has 0 fully saturated rings. The van der Waals surface area contributed by atoms with Crippen LogP contribution in [0.25, 0.3) is 16.6 Å². The van der Waals surface area contributed by atoms with Crippen LogP contribution >= 0.6 is 0 Å². The molecule has 0 radical (unpaired) electrons. The first-order valence-electron chi connectivity index (χ1n) is 10.2. The van der Waals surface area contributed by atoms with E-state index in [1.807, 2.05) is 6.92 Å². The molecule has 0 atom stereocenters. The molecule has 0 saturated heterocycles. The normalized spacial score (nSPS) is 11.1. The number of carbonyl (C=O) groups is 1. The summed E-state index contributed by atoms with van der Waals surface area (Å²) in [6.07, 6.45) is 1.48. The Morgan fingerprint density at radius 1 is 1.00 bits per heavy atom. The van der Waals surface area contributed by atoms with Crippen molar-refractivity contribution in [3.05, 3.63) is 58.3 Å². The number of hydrogen-bond acceptors (Lipinski definition) is 7. The second-order valence-corrected chi connectivity index (χ2v) is 7.26. The van der Waals surface area contributed by atoms with Crippen molar-refractivity contribution in [3.63, 3.8) is 0 Å². The van der Waals surface area contributed by atoms with Crippen LogP contribution in [-0.4, -0.2) is 46.3 Å². The number of benzene rings is 2. The van der Waals surface area contributed by atoms with Crippen LogP contribution < -0.4 is 19.9 Å². The van der Waals surface area contributed by atoms with Gasteiger partial charge in [0.2, 0.25) is 0 Å². The van der Waals surface area contributed by atoms with E-state index in [0.717, 1.165) is 6.42 Å². The minimum absolute atomic E-state index is 0.171. The molecule has 4 aromatic rings. The predicted molar refractivity (Wildman–Crippen MR) is 119 cm³/mol. The zero-order valence-corrected chi connectivity index (χ0v) is 18.4. The highest BCUT2D eigenvalue weighted by atomic mass is 16.5. The van der Waals surface area contributed by atoms with Gasteiger partial charge in [-0.15, -0.1) is 5.10 Å². The average Bonchev–Trinajstić information content (AvgIpc) is 3.25. The maximum absolute atomic E-state index is 13.4. The van der Waals surface area contributed by atoms with Crippen molar-refractivity contribution >= 4 is 22.3 Å². The van der Waals surface area contributed by atoms with Gasteiger partial charge in [0.1, 0.15) is 5.75 Å². The largest absolute Gasteiger partial charge is 0.497 e. The van der Waals surface area contributed by atoms with E-state index in [1.54, 1.807) is 43.5 Å². The molecular formula is C23H24N4O5. The Morgan fingerprint density at radius 2 is 1.69 bits per heavy atom. The Hall–Kier alpha value is -3.88. The minimum atomic E-state index is -0.448. The summed E-state index contributed by atoms with van der Waals surface area (Å²) >= 11 is 0. The first-order valence-corrected chi connectivity index (χ1v) is 10.2. The molecule has 2 heterocycles. The quantitative estimate of drug-likeness (QED) is 0.392. The molecule has 0 aliphatic heterocycles. The van der Waals surface area contributed by atoms with Crippen LogP contribution in [0.2, 0.25) is 0 Å². The highest BCUT2D eigenvalue weighted by molar-refractivity contribution is 5.98. The summed E-state index contributed by atoms with van der Waals surface area (Å²) in [6.45, 7) is 1.85. The molecule has 9 nitrogen and oxygen atoms in total. The van der Waals surface area contributed by atoms with Gasteiger partial charge in [0, 0.05) is 23.4 Å². The third kappa shape index (κ3) is 3.66. The fourth-order valence-electron chi connectivity index (χ4n) is 3.64. The highest BCUT2D eigenvalue weighted by Gasteiger charge is 2.20. The predicted octanol–water partition coefficient (Wildman–Crippen LogP) is 2.91. The zero-order valence-electron chi connectivity index (χ0n) is 18.4. The lowest BCUT2D eigenvalue weighted by molar-refractivity contribution is 0.0971. The number of hydrogen-bond donors (Lipinski definition) is 0. The topological polar surface area (TPSA) is 97.0 Å². The lowest BCUT2D eigenvalue weighted by atomic mass is 10.1. The van der Waals surface area contributed by atoms with Gasteiger partial charge in [0.25, 0.3) is 0 Å². The van der Waals surface area contributed by atoms with Crippen molar-refractivity contribution in [1.29, 1.82) is 0 Å². The maximum Gasteiger partial charge on any atom is 0.351 e. The number of aromatic nitrogens is 4. The number of ketones is 1. The molecular weight excluding hydrogens is 412 g/mol. The van der Waals surface area contributed by atoms with Gasteiger partial charge in [-0.3, -0.25) is 9.36 Å². The lowest BCUT2D eigenvalue weighted by Crippen LogP contribution is -2.30. The number of nitrogens with zero attached hydrogens (tertiary/aromatic N) is 4. The first-order chi connectivity index (χ1) is 15.5. The van der Waals surface area contributed by atoms with Crippen LogP contribution in [0.15, 0.2) is 41.2 Å². The molecule has 0 amide bonds. The maximum atomic E-state index is 13.4. The summed E-state index contributed by atoms with van der Waals surface area (Å²) in [5, 5.41) is 5.02. The first kappa shape index (κ1) is 21.4. The molecule has 0 unspecified atom stereocenters. The minimum Gasteiger partial charge on any atom is -0.497 e. The number of Topliss-reactive ketones (excluding diaryl/α,β-unsaturated/α-hetero) is 1. The van der Waals surface area contributed by atoms with Crippen LogP contribution in [0.1, 0.15) is 29.5 Å². The van der Waals surface area contributed by atoms with E-state index in [2.05, 4.69) is 10.1 Å². The van der Waals surface area contributed by atoms with E-state index in [1.165, 1.54) is 23.3 Å². The van der Waals surface area contributed by atoms with Crippen molar-refractivity contribution < 1.29 is 19.0 Å². The van der Waals surface area contributed by atoms with E-state index < -0.39 is 5.69 Å². The van der Waals surface area contributed by atoms with E-state index in [0.29, 0.717) is 51.6 Å². The zero-order chi connectivity index (χ0) is 22.8. The summed E-state index contributed by atoms with van der Waals surface area (Å²) < 4.78 is 18.7. The average molecular weight is 436 g/mol. The molecule has 32 heavy (non-hydrogen) atoms. The highest BCUT2D eigenvalue weighted by Crippen LogP contribution is 2.33. The van der Waals surface area contributed by atoms with Gasteiger partial charge in [-0.05, 0) is 36.8 Å². The molecule has 0 saturated carbocycles. The monoisotopic (exact) mass is 436 g/mol. The van der Waals surface area contributed by atoms with Crippen molar-refractivity contribution in [2.45, 2.75) is 26.3 Å². The number of ether oxygens (including phenoxy) is 3. The van der Waals surface area contributed by atoms with Gasteiger partial charge in [0.15, 0.2) is 28.8 Å². The second-order valence-electron chi connectivity index (χ2n) is 7.26. The Balaban J connectivity index is 1.93. The third-order valence-corrected chi connectivity index (χ3v) is 5.28. The van der Waals surface area contributed by atoms with E-state index in [9.17, 15) is 9.59 Å². The number of rotatable bonds is 8. The van der Waals surface area contributed by atoms with Crippen molar-refractivity contribution in [1.82, 2.24) is 19.2 Å². The third-order valence-electron chi connectivity index (χ3n) is 5.28. The van der Waals surface area contributed by atoms with Gasteiger partial charge < -0.3 is 14.2 Å². The van der Waals surface area contributed by atoms with Gasteiger partial charge in [0.05, 0.1) is 33.4 Å². The Labute approximate surface area is 184 Å².